The van der Waals surface area contributed by atoms with Gasteiger partial charge in [-0.1, -0.05) is 6.07 Å². The van der Waals surface area contributed by atoms with Gasteiger partial charge >= 0.3 is 5.97 Å². The smallest absolute Gasteiger partial charge is 0.308 e. The van der Waals surface area contributed by atoms with Crippen molar-refractivity contribution in [2.45, 2.75) is 32.4 Å². The molecule has 3 unspecified atom stereocenters. The molecule has 2 amide bonds. The number of amides is 2. The quantitative estimate of drug-likeness (QED) is 0.403. The van der Waals surface area contributed by atoms with Gasteiger partial charge in [0.1, 0.15) is 6.04 Å². The number of nitro benzene ring substituents is 1. The highest BCUT2D eigenvalue weighted by atomic mass is 32.2. The van der Waals surface area contributed by atoms with Crippen LogP contribution in [-0.4, -0.2) is 51.9 Å². The first-order chi connectivity index (χ1) is 12.7. The summed E-state index contributed by atoms with van der Waals surface area (Å²) in [6, 6.07) is 3.70. The molecule has 0 aromatic heterocycles. The van der Waals surface area contributed by atoms with Crippen LogP contribution in [0.15, 0.2) is 24.3 Å². The number of carbonyl (C=O) groups excluding carboxylic acids is 2. The molecule has 0 bridgehead atoms. The van der Waals surface area contributed by atoms with Crippen molar-refractivity contribution in [3.8, 4) is 0 Å². The van der Waals surface area contributed by atoms with Crippen LogP contribution in [0.4, 0.5) is 5.69 Å². The SMILES string of the molecule is CSCCC(NC(=O)c1cccc([N+](=O)[O-])c1)C(=O)NC(C)C(C)C(=O)O. The summed E-state index contributed by atoms with van der Waals surface area (Å²) in [6.45, 7) is 3.05. The summed E-state index contributed by atoms with van der Waals surface area (Å²) in [5.74, 6) is -2.34. The number of nitro groups is 1. The highest BCUT2D eigenvalue weighted by molar-refractivity contribution is 7.98. The summed E-state index contributed by atoms with van der Waals surface area (Å²) in [4.78, 5) is 46.2. The van der Waals surface area contributed by atoms with E-state index in [0.29, 0.717) is 12.2 Å². The fraction of sp³-hybridized carbons (Fsp3) is 0.471. The van der Waals surface area contributed by atoms with E-state index in [1.54, 1.807) is 6.92 Å². The van der Waals surface area contributed by atoms with E-state index < -0.39 is 40.7 Å². The summed E-state index contributed by atoms with van der Waals surface area (Å²) >= 11 is 1.49. The van der Waals surface area contributed by atoms with Gasteiger partial charge in [-0.15, -0.1) is 0 Å². The van der Waals surface area contributed by atoms with E-state index in [1.165, 1.54) is 36.9 Å². The first-order valence-corrected chi connectivity index (χ1v) is 9.64. The van der Waals surface area contributed by atoms with Gasteiger partial charge in [-0.3, -0.25) is 24.5 Å². The minimum absolute atomic E-state index is 0.0677. The zero-order valence-electron chi connectivity index (χ0n) is 15.3. The van der Waals surface area contributed by atoms with Gasteiger partial charge in [0.05, 0.1) is 10.8 Å². The van der Waals surface area contributed by atoms with E-state index >= 15 is 0 Å². The molecule has 0 saturated heterocycles. The van der Waals surface area contributed by atoms with Crippen LogP contribution in [0.2, 0.25) is 0 Å². The van der Waals surface area contributed by atoms with Crippen molar-refractivity contribution in [3.63, 3.8) is 0 Å². The van der Waals surface area contributed by atoms with Crippen LogP contribution >= 0.6 is 11.8 Å². The molecule has 0 spiro atoms. The molecule has 0 radical (unpaired) electrons. The first-order valence-electron chi connectivity index (χ1n) is 8.24. The van der Waals surface area contributed by atoms with Crippen molar-refractivity contribution in [3.05, 3.63) is 39.9 Å². The number of hydrogen-bond acceptors (Lipinski definition) is 6. The number of carboxylic acids is 1. The average molecular weight is 397 g/mol. The molecule has 3 atom stereocenters. The van der Waals surface area contributed by atoms with Gasteiger partial charge in [0, 0.05) is 23.7 Å². The number of hydrogen-bond donors (Lipinski definition) is 3. The third-order valence-electron chi connectivity index (χ3n) is 4.06. The topological polar surface area (TPSA) is 139 Å². The highest BCUT2D eigenvalue weighted by Gasteiger charge is 2.26. The van der Waals surface area contributed by atoms with Crippen LogP contribution in [0.1, 0.15) is 30.6 Å². The zero-order valence-corrected chi connectivity index (χ0v) is 16.1. The Kier molecular flexibility index (Phi) is 8.73. The molecule has 148 valence electrons. The largest absolute Gasteiger partial charge is 0.481 e. The molecule has 0 aliphatic rings. The van der Waals surface area contributed by atoms with E-state index in [-0.39, 0.29) is 11.3 Å². The molecule has 0 fully saturated rings. The Morgan fingerprint density at radius 3 is 2.48 bits per heavy atom. The number of rotatable bonds is 10. The fourth-order valence-electron chi connectivity index (χ4n) is 2.17. The standard InChI is InChI=1S/C17H23N3O6S/c1-10(17(23)24)11(2)18-16(22)14(7-8-27-3)19-15(21)12-5-4-6-13(9-12)20(25)26/h4-6,9-11,14H,7-8H2,1-3H3,(H,18,22)(H,19,21)(H,23,24). The van der Waals surface area contributed by atoms with Crippen molar-refractivity contribution in [1.82, 2.24) is 10.6 Å². The first kappa shape index (κ1) is 22.4. The van der Waals surface area contributed by atoms with Gasteiger partial charge in [-0.05, 0) is 38.3 Å². The van der Waals surface area contributed by atoms with E-state index in [4.69, 9.17) is 5.11 Å². The molecular weight excluding hydrogens is 374 g/mol. The van der Waals surface area contributed by atoms with Crippen molar-refractivity contribution in [1.29, 1.82) is 0 Å². The van der Waals surface area contributed by atoms with E-state index in [1.807, 2.05) is 6.26 Å². The Bertz CT molecular complexity index is 712. The molecule has 1 rings (SSSR count). The lowest BCUT2D eigenvalue weighted by molar-refractivity contribution is -0.384. The molecule has 1 aromatic carbocycles. The third kappa shape index (κ3) is 6.89. The van der Waals surface area contributed by atoms with E-state index in [9.17, 15) is 24.5 Å². The molecule has 0 aliphatic heterocycles. The molecule has 3 N–H and O–H groups in total. The summed E-state index contributed by atoms with van der Waals surface area (Å²) in [5.41, 5.74) is -0.158. The predicted octanol–water partition coefficient (Wildman–Crippen LogP) is 1.67. The Morgan fingerprint density at radius 1 is 1.26 bits per heavy atom. The Labute approximate surface area is 161 Å². The molecule has 1 aromatic rings. The summed E-state index contributed by atoms with van der Waals surface area (Å²) < 4.78 is 0. The van der Waals surface area contributed by atoms with Gasteiger partial charge in [-0.25, -0.2) is 0 Å². The van der Waals surface area contributed by atoms with Crippen molar-refractivity contribution >= 4 is 35.2 Å². The maximum atomic E-state index is 12.5. The Balaban J connectivity index is 2.88. The number of nitrogens with zero attached hydrogens (tertiary/aromatic N) is 1. The molecule has 9 nitrogen and oxygen atoms in total. The lowest BCUT2D eigenvalue weighted by Gasteiger charge is -2.23. The number of thioether (sulfide) groups is 1. The predicted molar refractivity (Wildman–Crippen MR) is 102 cm³/mol. The number of nitrogens with one attached hydrogen (secondary N) is 2. The minimum atomic E-state index is -1.04. The second kappa shape index (κ2) is 10.5. The maximum Gasteiger partial charge on any atom is 0.308 e. The molecule has 0 aliphatic carbocycles. The van der Waals surface area contributed by atoms with Gasteiger partial charge in [-0.2, -0.15) is 11.8 Å². The number of carboxylic acid groups (broad SMARTS) is 1. The van der Waals surface area contributed by atoms with Crippen molar-refractivity contribution in [2.24, 2.45) is 5.92 Å². The van der Waals surface area contributed by atoms with Crippen LogP contribution < -0.4 is 10.6 Å². The van der Waals surface area contributed by atoms with Crippen LogP contribution in [0.3, 0.4) is 0 Å². The third-order valence-corrected chi connectivity index (χ3v) is 4.71. The minimum Gasteiger partial charge on any atom is -0.481 e. The summed E-state index contributed by atoms with van der Waals surface area (Å²) in [5, 5.41) is 25.1. The normalized spacial score (nSPS) is 13.9. The monoisotopic (exact) mass is 397 g/mol. The fourth-order valence-corrected chi connectivity index (χ4v) is 2.64. The Morgan fingerprint density at radius 2 is 1.93 bits per heavy atom. The van der Waals surface area contributed by atoms with Gasteiger partial charge in [0.15, 0.2) is 0 Å². The molecular formula is C17H23N3O6S. The Hall–Kier alpha value is -2.62. The van der Waals surface area contributed by atoms with Gasteiger partial charge < -0.3 is 15.7 Å². The number of benzene rings is 1. The second-order valence-electron chi connectivity index (χ2n) is 6.04. The number of non-ortho nitro benzene ring substituents is 1. The molecule has 0 saturated carbocycles. The zero-order chi connectivity index (χ0) is 20.6. The summed E-state index contributed by atoms with van der Waals surface area (Å²) in [6.07, 6.45) is 2.19. The van der Waals surface area contributed by atoms with E-state index in [2.05, 4.69) is 10.6 Å². The summed E-state index contributed by atoms with van der Waals surface area (Å²) in [7, 11) is 0. The van der Waals surface area contributed by atoms with Crippen LogP contribution in [-0.2, 0) is 9.59 Å². The van der Waals surface area contributed by atoms with E-state index in [0.717, 1.165) is 6.07 Å². The molecule has 10 heteroatoms. The van der Waals surface area contributed by atoms with Gasteiger partial charge in [0.2, 0.25) is 5.91 Å². The maximum absolute atomic E-state index is 12.5. The van der Waals surface area contributed by atoms with Crippen LogP contribution in [0.5, 0.6) is 0 Å². The second-order valence-corrected chi connectivity index (χ2v) is 7.02. The van der Waals surface area contributed by atoms with Crippen LogP contribution in [0, 0.1) is 16.0 Å². The highest BCUT2D eigenvalue weighted by Crippen LogP contribution is 2.14. The average Bonchev–Trinajstić information content (AvgIpc) is 2.63. The van der Waals surface area contributed by atoms with Crippen molar-refractivity contribution in [2.75, 3.05) is 12.0 Å². The molecule has 27 heavy (non-hydrogen) atoms. The number of aliphatic carboxylic acids is 1. The van der Waals surface area contributed by atoms with Gasteiger partial charge in [0.25, 0.3) is 11.6 Å². The molecule has 0 heterocycles. The lowest BCUT2D eigenvalue weighted by atomic mass is 10.0. The number of carbonyl (C=O) groups is 3. The van der Waals surface area contributed by atoms with Crippen LogP contribution in [0.25, 0.3) is 0 Å². The lowest BCUT2D eigenvalue weighted by Crippen LogP contribution is -2.51. The van der Waals surface area contributed by atoms with Crippen molar-refractivity contribution < 1.29 is 24.4 Å².